The van der Waals surface area contributed by atoms with Gasteiger partial charge in [0.15, 0.2) is 0 Å². The summed E-state index contributed by atoms with van der Waals surface area (Å²) in [6.07, 6.45) is -0.0581. The molecule has 0 aromatic rings. The van der Waals surface area contributed by atoms with Crippen molar-refractivity contribution in [2.24, 2.45) is 0 Å². The molecule has 0 aromatic carbocycles. The minimum Gasteiger partial charge on any atom is -0.480 e. The van der Waals surface area contributed by atoms with Gasteiger partial charge < -0.3 is 25.5 Å². The molecule has 0 fully saturated rings. The number of rotatable bonds is 6. The van der Waals surface area contributed by atoms with E-state index in [1.54, 1.807) is 13.8 Å². The number of urea groups is 1. The topological polar surface area (TPSA) is 110 Å². The molecule has 0 radical (unpaired) electrons. The molecule has 17 heavy (non-hydrogen) atoms. The molecule has 7 heteroatoms. The van der Waals surface area contributed by atoms with Crippen molar-refractivity contribution in [2.45, 2.75) is 31.9 Å². The summed E-state index contributed by atoms with van der Waals surface area (Å²) >= 11 is 0. The number of carbonyl (C=O) groups is 2. The van der Waals surface area contributed by atoms with Gasteiger partial charge in [0.05, 0.1) is 12.1 Å². The molecule has 1 atom stereocenters. The fraction of sp³-hybridized carbons (Fsp3) is 0.800. The maximum absolute atomic E-state index is 11.6. The van der Waals surface area contributed by atoms with Crippen molar-refractivity contribution in [3.05, 3.63) is 0 Å². The zero-order valence-electron chi connectivity index (χ0n) is 10.3. The lowest BCUT2D eigenvalue weighted by atomic mass is 10.1. The minimum atomic E-state index is -1.20. The molecule has 100 valence electrons. The monoisotopic (exact) mass is 248 g/mol. The fourth-order valence-corrected chi connectivity index (χ4v) is 1.30. The van der Waals surface area contributed by atoms with Gasteiger partial charge in [-0.15, -0.1) is 0 Å². The maximum atomic E-state index is 11.6. The average Bonchev–Trinajstić information content (AvgIpc) is 2.13. The molecule has 0 saturated heterocycles. The van der Waals surface area contributed by atoms with Gasteiger partial charge in [0.2, 0.25) is 0 Å². The quantitative estimate of drug-likeness (QED) is 0.493. The molecule has 0 bridgehead atoms. The van der Waals surface area contributed by atoms with E-state index in [4.69, 9.17) is 10.2 Å². The molecule has 7 nitrogen and oxygen atoms in total. The third kappa shape index (κ3) is 6.75. The second-order valence-corrected chi connectivity index (χ2v) is 4.52. The van der Waals surface area contributed by atoms with Gasteiger partial charge in [-0.05, 0) is 13.8 Å². The van der Waals surface area contributed by atoms with E-state index in [0.717, 1.165) is 0 Å². The van der Waals surface area contributed by atoms with E-state index in [0.29, 0.717) is 0 Å². The highest BCUT2D eigenvalue weighted by Gasteiger charge is 2.24. The van der Waals surface area contributed by atoms with Crippen molar-refractivity contribution in [3.63, 3.8) is 0 Å². The van der Waals surface area contributed by atoms with E-state index < -0.39 is 23.6 Å². The summed E-state index contributed by atoms with van der Waals surface area (Å²) in [5.74, 6) is -1.20. The summed E-state index contributed by atoms with van der Waals surface area (Å²) in [5, 5.41) is 29.2. The van der Waals surface area contributed by atoms with Crippen molar-refractivity contribution in [1.82, 2.24) is 10.2 Å². The van der Waals surface area contributed by atoms with E-state index in [2.05, 4.69) is 5.32 Å². The molecule has 0 aliphatic heterocycles. The number of aliphatic hydroxyl groups excluding tert-OH is 1. The molecular weight excluding hydrogens is 228 g/mol. The summed E-state index contributed by atoms with van der Waals surface area (Å²) in [5.41, 5.74) is -1.05. The van der Waals surface area contributed by atoms with E-state index in [-0.39, 0.29) is 19.6 Å². The number of carboxylic acids is 1. The van der Waals surface area contributed by atoms with Crippen molar-refractivity contribution in [3.8, 4) is 0 Å². The molecule has 0 spiro atoms. The highest BCUT2D eigenvalue weighted by atomic mass is 16.4. The first-order valence-corrected chi connectivity index (χ1v) is 5.25. The van der Waals surface area contributed by atoms with Crippen LogP contribution in [0.5, 0.6) is 0 Å². The van der Waals surface area contributed by atoms with Crippen LogP contribution in [0.3, 0.4) is 0 Å². The summed E-state index contributed by atoms with van der Waals surface area (Å²) < 4.78 is 0. The highest BCUT2D eigenvalue weighted by molar-refractivity contribution is 5.82. The van der Waals surface area contributed by atoms with Gasteiger partial charge in [-0.3, -0.25) is 0 Å². The van der Waals surface area contributed by atoms with Crippen LogP contribution in [-0.2, 0) is 4.79 Å². The summed E-state index contributed by atoms with van der Waals surface area (Å²) in [6, 6.07) is -1.73. The molecule has 0 aromatic heterocycles. The Morgan fingerprint density at radius 1 is 1.41 bits per heavy atom. The van der Waals surface area contributed by atoms with E-state index in [9.17, 15) is 14.7 Å². The van der Waals surface area contributed by atoms with Crippen LogP contribution in [0.1, 0.15) is 20.3 Å². The first-order chi connectivity index (χ1) is 7.67. The van der Waals surface area contributed by atoms with Crippen LogP contribution in [-0.4, -0.2) is 64.1 Å². The van der Waals surface area contributed by atoms with Crippen LogP contribution < -0.4 is 5.32 Å². The number of aliphatic hydroxyl groups is 2. The second-order valence-electron chi connectivity index (χ2n) is 4.52. The number of carboxylic acid groups (broad SMARTS) is 1. The summed E-state index contributed by atoms with van der Waals surface area (Å²) in [4.78, 5) is 23.5. The van der Waals surface area contributed by atoms with Crippen LogP contribution >= 0.6 is 0 Å². The SMILES string of the molecule is CN(CC(C)(C)O)C(=O)N[C@H](CCO)C(=O)O. The first-order valence-electron chi connectivity index (χ1n) is 5.25. The number of amides is 2. The Labute approximate surface area is 100 Å². The molecule has 2 amide bonds. The maximum Gasteiger partial charge on any atom is 0.326 e. The van der Waals surface area contributed by atoms with Gasteiger partial charge in [0.1, 0.15) is 6.04 Å². The third-order valence-corrected chi connectivity index (χ3v) is 1.98. The van der Waals surface area contributed by atoms with Crippen LogP contribution in [0, 0.1) is 0 Å². The van der Waals surface area contributed by atoms with Crippen molar-refractivity contribution >= 4 is 12.0 Å². The predicted octanol–water partition coefficient (Wildman–Crippen LogP) is -0.766. The molecule has 0 unspecified atom stereocenters. The standard InChI is InChI=1S/C10H20N2O5/c1-10(2,17)6-12(3)9(16)11-7(4-5-13)8(14)15/h7,13,17H,4-6H2,1-3H3,(H,11,16)(H,14,15)/t7-/m1/s1. The predicted molar refractivity (Wildman–Crippen MR) is 60.6 cm³/mol. The minimum absolute atomic E-state index is 0.0581. The highest BCUT2D eigenvalue weighted by Crippen LogP contribution is 2.03. The molecule has 0 saturated carbocycles. The Balaban J connectivity index is 4.35. The molecule has 0 aliphatic rings. The summed E-state index contributed by atoms with van der Waals surface area (Å²) in [7, 11) is 1.45. The average molecular weight is 248 g/mol. The Morgan fingerprint density at radius 2 is 1.94 bits per heavy atom. The Kier molecular flexibility index (Phi) is 5.90. The van der Waals surface area contributed by atoms with E-state index in [1.807, 2.05) is 0 Å². The molecule has 4 N–H and O–H groups in total. The lowest BCUT2D eigenvalue weighted by molar-refractivity contribution is -0.139. The Morgan fingerprint density at radius 3 is 2.29 bits per heavy atom. The third-order valence-electron chi connectivity index (χ3n) is 1.98. The number of aliphatic carboxylic acids is 1. The van der Waals surface area contributed by atoms with Crippen molar-refractivity contribution < 1.29 is 24.9 Å². The van der Waals surface area contributed by atoms with Crippen LogP contribution in [0.25, 0.3) is 0 Å². The number of hydrogen-bond donors (Lipinski definition) is 4. The smallest absolute Gasteiger partial charge is 0.326 e. The van der Waals surface area contributed by atoms with Crippen molar-refractivity contribution in [1.29, 1.82) is 0 Å². The Hall–Kier alpha value is -1.34. The van der Waals surface area contributed by atoms with Crippen LogP contribution in [0.2, 0.25) is 0 Å². The normalized spacial score (nSPS) is 13.0. The van der Waals surface area contributed by atoms with E-state index >= 15 is 0 Å². The fourth-order valence-electron chi connectivity index (χ4n) is 1.30. The zero-order chi connectivity index (χ0) is 13.6. The number of hydrogen-bond acceptors (Lipinski definition) is 4. The number of carbonyl (C=O) groups excluding carboxylic acids is 1. The summed E-state index contributed by atoms with van der Waals surface area (Å²) in [6.45, 7) is 2.83. The second kappa shape index (κ2) is 6.41. The number of nitrogens with one attached hydrogen (secondary N) is 1. The van der Waals surface area contributed by atoms with Gasteiger partial charge in [-0.2, -0.15) is 0 Å². The first kappa shape index (κ1) is 15.7. The van der Waals surface area contributed by atoms with E-state index in [1.165, 1.54) is 11.9 Å². The molecular formula is C10H20N2O5. The van der Waals surface area contributed by atoms with Crippen LogP contribution in [0.15, 0.2) is 0 Å². The van der Waals surface area contributed by atoms with Gasteiger partial charge in [0, 0.05) is 20.1 Å². The Bertz CT molecular complexity index is 274. The largest absolute Gasteiger partial charge is 0.480 e. The van der Waals surface area contributed by atoms with Gasteiger partial charge >= 0.3 is 12.0 Å². The lowest BCUT2D eigenvalue weighted by Crippen LogP contribution is -2.50. The van der Waals surface area contributed by atoms with Gasteiger partial charge in [-0.1, -0.05) is 0 Å². The molecule has 0 heterocycles. The lowest BCUT2D eigenvalue weighted by Gasteiger charge is -2.27. The van der Waals surface area contributed by atoms with Crippen LogP contribution in [0.4, 0.5) is 4.79 Å². The molecule has 0 aliphatic carbocycles. The number of nitrogens with zero attached hydrogens (tertiary/aromatic N) is 1. The van der Waals surface area contributed by atoms with Gasteiger partial charge in [-0.25, -0.2) is 9.59 Å². The number of likely N-dealkylation sites (N-methyl/N-ethyl adjacent to an activating group) is 1. The van der Waals surface area contributed by atoms with Gasteiger partial charge in [0.25, 0.3) is 0 Å². The molecule has 0 rings (SSSR count). The van der Waals surface area contributed by atoms with Crippen molar-refractivity contribution in [2.75, 3.05) is 20.2 Å². The zero-order valence-corrected chi connectivity index (χ0v) is 10.3.